The number of nitrogens with zero attached hydrogens (tertiary/aromatic N) is 4. The lowest BCUT2D eigenvalue weighted by Gasteiger charge is -2.26. The minimum atomic E-state index is 0.613. The first-order valence-corrected chi connectivity index (χ1v) is 18.6. The zero-order chi connectivity index (χ0) is 36.3. The molecule has 2 heterocycles. The second-order valence-electron chi connectivity index (χ2n) is 13.9. The number of hydrogen-bond acceptors (Lipinski definition) is 3. The van der Waals surface area contributed by atoms with Crippen molar-refractivity contribution in [3.63, 3.8) is 0 Å². The number of rotatable bonds is 4. The summed E-state index contributed by atoms with van der Waals surface area (Å²) < 4.78 is 2.40. The first-order valence-electron chi connectivity index (χ1n) is 18.6. The van der Waals surface area contributed by atoms with E-state index < -0.39 is 0 Å². The highest BCUT2D eigenvalue weighted by molar-refractivity contribution is 6.12. The van der Waals surface area contributed by atoms with E-state index >= 15 is 0 Å². The molecule has 0 fully saturated rings. The number of para-hydroxylation sites is 2. The van der Waals surface area contributed by atoms with Gasteiger partial charge in [-0.25, -0.2) is 15.0 Å². The molecule has 0 saturated carbocycles. The lowest BCUT2D eigenvalue weighted by atomic mass is 9.79. The van der Waals surface area contributed by atoms with Crippen molar-refractivity contribution in [3.05, 3.63) is 194 Å². The number of benzene rings is 8. The third-order valence-electron chi connectivity index (χ3n) is 10.8. The predicted octanol–water partition coefficient (Wildman–Crippen LogP) is 13.0. The number of hydrogen-bond donors (Lipinski definition) is 0. The maximum absolute atomic E-state index is 5.43. The summed E-state index contributed by atoms with van der Waals surface area (Å²) in [4.78, 5) is 16.0. The van der Waals surface area contributed by atoms with Crippen LogP contribution in [0.1, 0.15) is 0 Å². The topological polar surface area (TPSA) is 43.6 Å². The van der Waals surface area contributed by atoms with Crippen molar-refractivity contribution >= 4 is 21.8 Å². The van der Waals surface area contributed by atoms with Crippen molar-refractivity contribution in [1.29, 1.82) is 0 Å². The Morgan fingerprint density at radius 1 is 0.273 bits per heavy atom. The molecular formula is C51H32N4. The molecule has 55 heavy (non-hydrogen) atoms. The molecule has 0 bridgehead atoms. The highest BCUT2D eigenvalue weighted by atomic mass is 15.1. The van der Waals surface area contributed by atoms with Gasteiger partial charge < -0.3 is 4.57 Å². The average Bonchev–Trinajstić information content (AvgIpc) is 3.60. The van der Waals surface area contributed by atoms with E-state index in [0.29, 0.717) is 17.5 Å². The molecule has 4 heteroatoms. The summed E-state index contributed by atoms with van der Waals surface area (Å²) in [6.07, 6.45) is 0. The molecule has 0 saturated heterocycles. The van der Waals surface area contributed by atoms with Gasteiger partial charge in [-0.1, -0.05) is 176 Å². The van der Waals surface area contributed by atoms with Crippen LogP contribution < -0.4 is 0 Å². The van der Waals surface area contributed by atoms with Crippen LogP contribution in [0.25, 0.3) is 106 Å². The van der Waals surface area contributed by atoms with Crippen molar-refractivity contribution in [2.24, 2.45) is 0 Å². The van der Waals surface area contributed by atoms with Gasteiger partial charge in [-0.05, 0) is 57.1 Å². The van der Waals surface area contributed by atoms with Crippen LogP contribution >= 0.6 is 0 Å². The van der Waals surface area contributed by atoms with Crippen LogP contribution in [-0.4, -0.2) is 19.5 Å². The molecule has 0 N–H and O–H groups in total. The van der Waals surface area contributed by atoms with Crippen LogP contribution in [0.5, 0.6) is 0 Å². The molecule has 4 nitrogen and oxygen atoms in total. The zero-order valence-corrected chi connectivity index (χ0v) is 29.8. The molecule has 0 unspecified atom stereocenters. The summed E-state index contributed by atoms with van der Waals surface area (Å²) >= 11 is 0. The first-order chi connectivity index (χ1) is 27.3. The molecule has 256 valence electrons. The summed E-state index contributed by atoms with van der Waals surface area (Å²) in [6, 6.07) is 68.7. The Kier molecular flexibility index (Phi) is 7.14. The van der Waals surface area contributed by atoms with Crippen LogP contribution in [-0.2, 0) is 0 Å². The van der Waals surface area contributed by atoms with Crippen molar-refractivity contribution in [3.8, 4) is 84.4 Å². The van der Waals surface area contributed by atoms with Crippen molar-refractivity contribution in [1.82, 2.24) is 19.5 Å². The van der Waals surface area contributed by atoms with Gasteiger partial charge in [0.15, 0.2) is 17.5 Å². The van der Waals surface area contributed by atoms with Crippen molar-refractivity contribution < 1.29 is 0 Å². The van der Waals surface area contributed by atoms with Gasteiger partial charge in [-0.2, -0.15) is 0 Å². The van der Waals surface area contributed by atoms with Gasteiger partial charge in [0.05, 0.1) is 22.3 Å². The molecule has 8 aromatic carbocycles. The first kappa shape index (κ1) is 31.1. The Balaban J connectivity index is 1.35. The van der Waals surface area contributed by atoms with Gasteiger partial charge in [-0.3, -0.25) is 0 Å². The minimum absolute atomic E-state index is 0.613. The van der Waals surface area contributed by atoms with Crippen LogP contribution in [0.4, 0.5) is 0 Å². The number of fused-ring (bicyclic) bond motifs is 11. The summed E-state index contributed by atoms with van der Waals surface area (Å²) in [6.45, 7) is 0. The third-order valence-corrected chi connectivity index (χ3v) is 10.8. The molecule has 2 aromatic heterocycles. The highest BCUT2D eigenvalue weighted by Crippen LogP contribution is 2.52. The van der Waals surface area contributed by atoms with E-state index in [4.69, 9.17) is 15.0 Å². The normalized spacial score (nSPS) is 11.6. The van der Waals surface area contributed by atoms with Gasteiger partial charge in [0.25, 0.3) is 0 Å². The van der Waals surface area contributed by atoms with E-state index in [-0.39, 0.29) is 0 Å². The molecule has 11 rings (SSSR count). The van der Waals surface area contributed by atoms with Crippen LogP contribution in [0, 0.1) is 0 Å². The van der Waals surface area contributed by atoms with E-state index in [9.17, 15) is 0 Å². The van der Waals surface area contributed by atoms with E-state index in [2.05, 4.69) is 162 Å². The molecule has 1 aliphatic rings. The van der Waals surface area contributed by atoms with E-state index in [0.717, 1.165) is 61.2 Å². The second kappa shape index (κ2) is 12.6. The molecule has 0 radical (unpaired) electrons. The molecule has 10 aromatic rings. The largest absolute Gasteiger partial charge is 0.308 e. The van der Waals surface area contributed by atoms with E-state index in [1.807, 2.05) is 36.4 Å². The third kappa shape index (κ3) is 4.96. The Morgan fingerprint density at radius 2 is 0.655 bits per heavy atom. The van der Waals surface area contributed by atoms with Gasteiger partial charge >= 0.3 is 0 Å². The fraction of sp³-hybridized carbons (Fsp3) is 0. The molecule has 1 aliphatic carbocycles. The standard InChI is InChI=1S/C51H32N4/c1-3-17-33(18-4-1)49-52-50(34-19-5-2-6-20-34)54-51(53-49)48-46(55-44-29-15-13-26-40(44)41-27-14-16-30-45(41)55)32-31-43-39-25-10-9-23-37(39)35-21-7-8-22-36(35)38-24-11-12-28-42(38)47(43)48/h1-32H. The fourth-order valence-electron chi connectivity index (χ4n) is 8.45. The maximum atomic E-state index is 5.43. The summed E-state index contributed by atoms with van der Waals surface area (Å²) in [5.41, 5.74) is 15.3. The van der Waals surface area contributed by atoms with Gasteiger partial charge in [0.2, 0.25) is 0 Å². The second-order valence-corrected chi connectivity index (χ2v) is 13.9. The van der Waals surface area contributed by atoms with Gasteiger partial charge in [0, 0.05) is 27.5 Å². The Labute approximate surface area is 318 Å². The van der Waals surface area contributed by atoms with Crippen LogP contribution in [0.15, 0.2) is 194 Å². The average molecular weight is 701 g/mol. The SMILES string of the molecule is c1ccc(-c2nc(-c3ccccc3)nc(-c3c(-n4c5ccccc5c5ccccc54)ccc4c3-c3ccccc3-c3ccccc3-c3ccccc3-4)n2)cc1. The van der Waals surface area contributed by atoms with Gasteiger partial charge in [0.1, 0.15) is 0 Å². The van der Waals surface area contributed by atoms with Crippen molar-refractivity contribution in [2.75, 3.05) is 0 Å². The Bertz CT molecular complexity index is 2970. The Morgan fingerprint density at radius 3 is 1.16 bits per heavy atom. The number of aromatic nitrogens is 4. The molecular weight excluding hydrogens is 669 g/mol. The van der Waals surface area contributed by atoms with E-state index in [1.165, 1.54) is 27.5 Å². The quantitative estimate of drug-likeness (QED) is 0.184. The highest BCUT2D eigenvalue weighted by Gasteiger charge is 2.29. The molecule has 0 amide bonds. The molecule has 0 aliphatic heterocycles. The zero-order valence-electron chi connectivity index (χ0n) is 29.8. The summed E-state index contributed by atoms with van der Waals surface area (Å²) in [5.74, 6) is 1.86. The monoisotopic (exact) mass is 700 g/mol. The minimum Gasteiger partial charge on any atom is -0.308 e. The van der Waals surface area contributed by atoms with Crippen LogP contribution in [0.2, 0.25) is 0 Å². The smallest absolute Gasteiger partial charge is 0.166 e. The summed E-state index contributed by atoms with van der Waals surface area (Å²) in [5, 5.41) is 2.39. The van der Waals surface area contributed by atoms with Crippen LogP contribution in [0.3, 0.4) is 0 Å². The molecule has 0 spiro atoms. The Hall–Kier alpha value is -7.43. The maximum Gasteiger partial charge on any atom is 0.166 e. The molecule has 0 atom stereocenters. The van der Waals surface area contributed by atoms with Gasteiger partial charge in [-0.15, -0.1) is 0 Å². The van der Waals surface area contributed by atoms with E-state index in [1.54, 1.807) is 0 Å². The lowest BCUT2D eigenvalue weighted by Crippen LogP contribution is -2.07. The fourth-order valence-corrected chi connectivity index (χ4v) is 8.45. The summed E-state index contributed by atoms with van der Waals surface area (Å²) in [7, 11) is 0. The van der Waals surface area contributed by atoms with Crippen molar-refractivity contribution in [2.45, 2.75) is 0 Å². The predicted molar refractivity (Wildman–Crippen MR) is 226 cm³/mol. The lowest BCUT2D eigenvalue weighted by molar-refractivity contribution is 1.06.